The van der Waals surface area contributed by atoms with Crippen molar-refractivity contribution in [1.29, 1.82) is 0 Å². The minimum Gasteiger partial charge on any atom is -0.337 e. The molecule has 3 heterocycles. The smallest absolute Gasteiger partial charge is 0.257 e. The summed E-state index contributed by atoms with van der Waals surface area (Å²) >= 11 is 0. The number of likely N-dealkylation sites (tertiary alicyclic amines) is 1. The molecule has 6 heteroatoms. The molecule has 2 N–H and O–H groups in total. The molecule has 1 unspecified atom stereocenters. The third-order valence-corrected chi connectivity index (χ3v) is 3.30. The summed E-state index contributed by atoms with van der Waals surface area (Å²) in [6, 6.07) is 0.0858. The quantitative estimate of drug-likeness (QED) is 0.783. The fourth-order valence-electron chi connectivity index (χ4n) is 2.36. The Morgan fingerprint density at radius 3 is 3.17 bits per heavy atom. The number of carbonyl (C=O) groups excluding carboxylic acids is 1. The van der Waals surface area contributed by atoms with Crippen LogP contribution >= 0.6 is 0 Å². The van der Waals surface area contributed by atoms with Gasteiger partial charge in [0, 0.05) is 31.5 Å². The first kappa shape index (κ1) is 11.2. The number of fused-ring (bicyclic) bond motifs is 1. The third kappa shape index (κ3) is 1.84. The predicted octanol–water partition coefficient (Wildman–Crippen LogP) is 0.293. The van der Waals surface area contributed by atoms with Crippen LogP contribution in [0, 0.1) is 0 Å². The van der Waals surface area contributed by atoms with Gasteiger partial charge in [-0.1, -0.05) is 0 Å². The molecule has 0 saturated carbocycles. The molecule has 2 aromatic rings. The fraction of sp³-hybridized carbons (Fsp3) is 0.417. The molecule has 0 radical (unpaired) electrons. The summed E-state index contributed by atoms with van der Waals surface area (Å²) in [7, 11) is 0. The van der Waals surface area contributed by atoms with E-state index >= 15 is 0 Å². The molecule has 1 aliphatic heterocycles. The molecular weight excluding hydrogens is 230 g/mol. The zero-order valence-electron chi connectivity index (χ0n) is 9.99. The number of nitrogens with zero attached hydrogens (tertiary/aromatic N) is 4. The zero-order chi connectivity index (χ0) is 12.5. The van der Waals surface area contributed by atoms with Crippen LogP contribution in [0.25, 0.3) is 5.52 Å². The van der Waals surface area contributed by atoms with Gasteiger partial charge in [0.05, 0.1) is 23.5 Å². The summed E-state index contributed by atoms with van der Waals surface area (Å²) in [5.74, 6) is -0.00634. The maximum atomic E-state index is 12.4. The topological polar surface area (TPSA) is 76.5 Å². The number of rotatable bonds is 1. The number of piperidine rings is 1. The van der Waals surface area contributed by atoms with Crippen LogP contribution in [0.15, 0.2) is 24.8 Å². The molecular formula is C12H15N5O. The summed E-state index contributed by atoms with van der Waals surface area (Å²) in [6.45, 7) is 1.39. The molecule has 3 rings (SSSR count). The molecule has 1 amide bonds. The molecule has 18 heavy (non-hydrogen) atoms. The van der Waals surface area contributed by atoms with E-state index in [-0.39, 0.29) is 11.9 Å². The summed E-state index contributed by atoms with van der Waals surface area (Å²) in [4.78, 5) is 18.2. The highest BCUT2D eigenvalue weighted by molar-refractivity contribution is 6.00. The molecule has 0 aliphatic carbocycles. The second kappa shape index (κ2) is 4.38. The van der Waals surface area contributed by atoms with E-state index in [0.29, 0.717) is 12.1 Å². The lowest BCUT2D eigenvalue weighted by molar-refractivity contribution is 0.0711. The fourth-order valence-corrected chi connectivity index (χ4v) is 2.36. The first-order chi connectivity index (χ1) is 8.75. The summed E-state index contributed by atoms with van der Waals surface area (Å²) in [6.07, 6.45) is 8.58. The van der Waals surface area contributed by atoms with Gasteiger partial charge >= 0.3 is 0 Å². The second-order valence-corrected chi connectivity index (χ2v) is 4.62. The monoisotopic (exact) mass is 245 g/mol. The van der Waals surface area contributed by atoms with E-state index in [2.05, 4.69) is 10.1 Å². The SMILES string of the molecule is NC1CCCN(C(=O)c2cnn3ccncc23)C1. The van der Waals surface area contributed by atoms with Gasteiger partial charge in [0.2, 0.25) is 0 Å². The van der Waals surface area contributed by atoms with Gasteiger partial charge in [-0.05, 0) is 12.8 Å². The lowest BCUT2D eigenvalue weighted by Crippen LogP contribution is -2.45. The molecule has 0 aromatic carbocycles. The molecule has 2 aromatic heterocycles. The van der Waals surface area contributed by atoms with Crippen LogP contribution in [0.3, 0.4) is 0 Å². The molecule has 6 nitrogen and oxygen atoms in total. The van der Waals surface area contributed by atoms with Crippen LogP contribution in [-0.4, -0.2) is 44.5 Å². The van der Waals surface area contributed by atoms with Crippen molar-refractivity contribution in [2.45, 2.75) is 18.9 Å². The molecule has 94 valence electrons. The lowest BCUT2D eigenvalue weighted by Gasteiger charge is -2.30. The minimum atomic E-state index is -0.00634. The van der Waals surface area contributed by atoms with Gasteiger partial charge in [-0.2, -0.15) is 5.10 Å². The van der Waals surface area contributed by atoms with Crippen molar-refractivity contribution >= 4 is 11.4 Å². The van der Waals surface area contributed by atoms with Crippen LogP contribution in [0.5, 0.6) is 0 Å². The number of aromatic nitrogens is 3. The van der Waals surface area contributed by atoms with Crippen molar-refractivity contribution < 1.29 is 4.79 Å². The second-order valence-electron chi connectivity index (χ2n) is 4.62. The Labute approximate surface area is 104 Å². The van der Waals surface area contributed by atoms with Crippen molar-refractivity contribution in [1.82, 2.24) is 19.5 Å². The number of hydrogen-bond acceptors (Lipinski definition) is 4. The van der Waals surface area contributed by atoms with E-state index in [4.69, 9.17) is 5.73 Å². The van der Waals surface area contributed by atoms with Gasteiger partial charge in [0.1, 0.15) is 0 Å². The van der Waals surface area contributed by atoms with E-state index in [1.807, 2.05) is 0 Å². The van der Waals surface area contributed by atoms with E-state index in [9.17, 15) is 4.79 Å². The standard InChI is InChI=1S/C12H15N5O/c13-9-2-1-4-16(8-9)12(18)10-6-15-17-5-3-14-7-11(10)17/h3,5-7,9H,1-2,4,8,13H2. The van der Waals surface area contributed by atoms with E-state index in [0.717, 1.165) is 24.9 Å². The average Bonchev–Trinajstić information content (AvgIpc) is 2.82. The van der Waals surface area contributed by atoms with Gasteiger partial charge < -0.3 is 10.6 Å². The van der Waals surface area contributed by atoms with Crippen LogP contribution in [0.2, 0.25) is 0 Å². The molecule has 1 aliphatic rings. The summed E-state index contributed by atoms with van der Waals surface area (Å²) in [5, 5.41) is 4.15. The minimum absolute atomic E-state index is 0.00634. The predicted molar refractivity (Wildman–Crippen MR) is 66.1 cm³/mol. The van der Waals surface area contributed by atoms with Crippen molar-refractivity contribution in [3.05, 3.63) is 30.4 Å². The molecule has 0 spiro atoms. The van der Waals surface area contributed by atoms with Crippen LogP contribution in [-0.2, 0) is 0 Å². The van der Waals surface area contributed by atoms with Crippen molar-refractivity contribution in [3.63, 3.8) is 0 Å². The number of hydrogen-bond donors (Lipinski definition) is 1. The highest BCUT2D eigenvalue weighted by Gasteiger charge is 2.24. The maximum absolute atomic E-state index is 12.4. The number of carbonyl (C=O) groups is 1. The molecule has 0 bridgehead atoms. The van der Waals surface area contributed by atoms with E-state index in [1.165, 1.54) is 0 Å². The Bertz CT molecular complexity index is 579. The number of nitrogens with two attached hydrogens (primary N) is 1. The van der Waals surface area contributed by atoms with E-state index in [1.54, 1.807) is 34.2 Å². The maximum Gasteiger partial charge on any atom is 0.257 e. The van der Waals surface area contributed by atoms with Gasteiger partial charge in [-0.15, -0.1) is 0 Å². The molecule has 1 fully saturated rings. The summed E-state index contributed by atoms with van der Waals surface area (Å²) in [5.41, 5.74) is 7.23. The Kier molecular flexibility index (Phi) is 2.71. The Morgan fingerprint density at radius 1 is 1.44 bits per heavy atom. The van der Waals surface area contributed by atoms with Crippen LogP contribution in [0.1, 0.15) is 23.2 Å². The largest absolute Gasteiger partial charge is 0.337 e. The van der Waals surface area contributed by atoms with E-state index < -0.39 is 0 Å². The van der Waals surface area contributed by atoms with Crippen LogP contribution in [0.4, 0.5) is 0 Å². The Balaban J connectivity index is 1.92. The van der Waals surface area contributed by atoms with Gasteiger partial charge in [0.15, 0.2) is 0 Å². The third-order valence-electron chi connectivity index (χ3n) is 3.30. The van der Waals surface area contributed by atoms with Crippen molar-refractivity contribution in [2.75, 3.05) is 13.1 Å². The van der Waals surface area contributed by atoms with Gasteiger partial charge in [-0.25, -0.2) is 4.52 Å². The van der Waals surface area contributed by atoms with Crippen molar-refractivity contribution in [3.8, 4) is 0 Å². The highest BCUT2D eigenvalue weighted by atomic mass is 16.2. The van der Waals surface area contributed by atoms with Crippen molar-refractivity contribution in [2.24, 2.45) is 5.73 Å². The first-order valence-electron chi connectivity index (χ1n) is 6.08. The highest BCUT2D eigenvalue weighted by Crippen LogP contribution is 2.15. The Hall–Kier alpha value is -1.95. The van der Waals surface area contributed by atoms with Gasteiger partial charge in [0.25, 0.3) is 5.91 Å². The zero-order valence-corrected chi connectivity index (χ0v) is 9.99. The summed E-state index contributed by atoms with van der Waals surface area (Å²) < 4.78 is 1.66. The lowest BCUT2D eigenvalue weighted by atomic mass is 10.1. The average molecular weight is 245 g/mol. The first-order valence-corrected chi connectivity index (χ1v) is 6.08. The number of amides is 1. The van der Waals surface area contributed by atoms with Crippen LogP contribution < -0.4 is 5.73 Å². The normalized spacial score (nSPS) is 20.3. The molecule has 1 atom stereocenters. The van der Waals surface area contributed by atoms with Gasteiger partial charge in [-0.3, -0.25) is 9.78 Å². The molecule has 1 saturated heterocycles. The Morgan fingerprint density at radius 2 is 2.33 bits per heavy atom.